The monoisotopic (exact) mass is 579 g/mol. The zero-order valence-electron chi connectivity index (χ0n) is 25.2. The Bertz CT molecular complexity index is 1000. The van der Waals surface area contributed by atoms with Crippen LogP contribution in [-0.4, -0.2) is 67.0 Å². The summed E-state index contributed by atoms with van der Waals surface area (Å²) in [5.41, 5.74) is -0.582. The van der Waals surface area contributed by atoms with Crippen LogP contribution >= 0.6 is 0 Å². The molecule has 1 rings (SSSR count). The molecule has 12 nitrogen and oxygen atoms in total. The highest BCUT2D eigenvalue weighted by Gasteiger charge is 2.29. The predicted octanol–water partition coefficient (Wildman–Crippen LogP) is 3.76. The van der Waals surface area contributed by atoms with Gasteiger partial charge in [-0.15, -0.1) is 0 Å². The van der Waals surface area contributed by atoms with Gasteiger partial charge in [0.2, 0.25) is 5.91 Å². The van der Waals surface area contributed by atoms with E-state index in [1.54, 1.807) is 65.8 Å². The van der Waals surface area contributed by atoms with Crippen LogP contribution in [0.4, 0.5) is 9.59 Å². The molecule has 0 aliphatic heterocycles. The maximum absolute atomic E-state index is 13.2. The van der Waals surface area contributed by atoms with Crippen molar-refractivity contribution in [3.05, 3.63) is 35.9 Å². The number of rotatable bonds is 14. The van der Waals surface area contributed by atoms with Crippen LogP contribution < -0.4 is 16.0 Å². The molecule has 0 bridgehead atoms. The van der Waals surface area contributed by atoms with Gasteiger partial charge < -0.3 is 34.9 Å². The van der Waals surface area contributed by atoms with E-state index in [4.69, 9.17) is 18.9 Å². The summed E-state index contributed by atoms with van der Waals surface area (Å²) in [5, 5.41) is 7.72. The molecule has 0 heterocycles. The Morgan fingerprint density at radius 1 is 0.780 bits per heavy atom. The van der Waals surface area contributed by atoms with Crippen molar-refractivity contribution in [1.82, 2.24) is 16.0 Å². The first-order chi connectivity index (χ1) is 19.1. The van der Waals surface area contributed by atoms with E-state index >= 15 is 0 Å². The summed E-state index contributed by atoms with van der Waals surface area (Å²) < 4.78 is 20.6. The molecule has 0 radical (unpaired) electrons. The van der Waals surface area contributed by atoms with Crippen LogP contribution in [0.15, 0.2) is 30.3 Å². The fourth-order valence-corrected chi connectivity index (χ4v) is 3.47. The standard InChI is InChI=1S/C29H45N3O9/c1-28(2,3)40-23(33)17-16-21(32-27(37)39-19-20-13-9-8-10-14-20)24(34)31-22(25(35)38-7)15-11-12-18-30-26(36)41-29(4,5)6/h8-10,13-14,21-22H,11-12,15-19H2,1-7H3,(H,30,36)(H,31,34)(H,32,37)/t21-,22-/m0/s1. The molecule has 12 heteroatoms. The Morgan fingerprint density at radius 3 is 2.00 bits per heavy atom. The summed E-state index contributed by atoms with van der Waals surface area (Å²) in [6.45, 7) is 10.7. The smallest absolute Gasteiger partial charge is 0.408 e. The summed E-state index contributed by atoms with van der Waals surface area (Å²) in [7, 11) is 1.20. The van der Waals surface area contributed by atoms with Gasteiger partial charge in [-0.2, -0.15) is 0 Å². The minimum atomic E-state index is -1.19. The minimum absolute atomic E-state index is 0.0187. The Kier molecular flexibility index (Phi) is 14.7. The fourth-order valence-electron chi connectivity index (χ4n) is 3.47. The molecule has 0 aliphatic carbocycles. The Morgan fingerprint density at radius 2 is 1.41 bits per heavy atom. The van der Waals surface area contributed by atoms with Crippen LogP contribution in [0.3, 0.4) is 0 Å². The number of hydrogen-bond acceptors (Lipinski definition) is 9. The van der Waals surface area contributed by atoms with E-state index in [1.807, 2.05) is 6.07 Å². The van der Waals surface area contributed by atoms with E-state index in [1.165, 1.54) is 7.11 Å². The summed E-state index contributed by atoms with van der Waals surface area (Å²) in [5.74, 6) is -1.90. The number of nitrogens with one attached hydrogen (secondary N) is 3. The third-order valence-corrected chi connectivity index (χ3v) is 5.27. The summed E-state index contributed by atoms with van der Waals surface area (Å²) in [4.78, 5) is 62.1. The molecule has 3 amide bonds. The van der Waals surface area contributed by atoms with Crippen molar-refractivity contribution in [2.75, 3.05) is 13.7 Å². The molecule has 2 atom stereocenters. The highest BCUT2D eigenvalue weighted by Crippen LogP contribution is 2.12. The molecule has 0 unspecified atom stereocenters. The molecule has 0 fully saturated rings. The van der Waals surface area contributed by atoms with Gasteiger partial charge in [0, 0.05) is 13.0 Å². The number of esters is 2. The topological polar surface area (TPSA) is 158 Å². The molecule has 0 spiro atoms. The highest BCUT2D eigenvalue weighted by molar-refractivity contribution is 5.90. The van der Waals surface area contributed by atoms with Crippen LogP contribution in [-0.2, 0) is 39.9 Å². The molecular weight excluding hydrogens is 534 g/mol. The van der Waals surface area contributed by atoms with E-state index in [2.05, 4.69) is 16.0 Å². The van der Waals surface area contributed by atoms with Gasteiger partial charge in [0.15, 0.2) is 0 Å². The lowest BCUT2D eigenvalue weighted by molar-refractivity contribution is -0.155. The second-order valence-corrected chi connectivity index (χ2v) is 11.4. The van der Waals surface area contributed by atoms with Gasteiger partial charge in [-0.05, 0) is 72.8 Å². The molecule has 230 valence electrons. The third-order valence-electron chi connectivity index (χ3n) is 5.27. The van der Waals surface area contributed by atoms with Crippen LogP contribution in [0.25, 0.3) is 0 Å². The molecule has 3 N–H and O–H groups in total. The number of carbonyl (C=O) groups is 5. The first-order valence-corrected chi connectivity index (χ1v) is 13.6. The normalized spacial score (nSPS) is 12.8. The van der Waals surface area contributed by atoms with Gasteiger partial charge in [-0.1, -0.05) is 30.3 Å². The molecule has 1 aromatic carbocycles. The van der Waals surface area contributed by atoms with Crippen LogP contribution in [0.2, 0.25) is 0 Å². The molecular formula is C29H45N3O9. The zero-order valence-corrected chi connectivity index (χ0v) is 25.2. The van der Waals surface area contributed by atoms with Crippen molar-refractivity contribution < 1.29 is 42.9 Å². The highest BCUT2D eigenvalue weighted by atomic mass is 16.6. The number of ether oxygens (including phenoxy) is 4. The van der Waals surface area contributed by atoms with Gasteiger partial charge in [0.25, 0.3) is 0 Å². The molecule has 0 saturated carbocycles. The van der Waals surface area contributed by atoms with Gasteiger partial charge >= 0.3 is 24.1 Å². The predicted molar refractivity (Wildman–Crippen MR) is 151 cm³/mol. The van der Waals surface area contributed by atoms with Crippen molar-refractivity contribution in [2.24, 2.45) is 0 Å². The molecule has 0 saturated heterocycles. The first kappa shape index (κ1) is 35.2. The van der Waals surface area contributed by atoms with Crippen molar-refractivity contribution in [3.8, 4) is 0 Å². The lowest BCUT2D eigenvalue weighted by Gasteiger charge is -2.23. The number of alkyl carbamates (subject to hydrolysis) is 2. The maximum Gasteiger partial charge on any atom is 0.408 e. The second kappa shape index (κ2) is 17.1. The number of methoxy groups -OCH3 is 1. The maximum atomic E-state index is 13.2. The Hall–Kier alpha value is -3.83. The molecule has 41 heavy (non-hydrogen) atoms. The minimum Gasteiger partial charge on any atom is -0.467 e. The van der Waals surface area contributed by atoms with Crippen molar-refractivity contribution in [2.45, 2.75) is 104 Å². The van der Waals surface area contributed by atoms with Gasteiger partial charge in [0.1, 0.15) is 29.9 Å². The summed E-state index contributed by atoms with van der Waals surface area (Å²) in [6, 6.07) is 6.79. The number of amides is 3. The van der Waals surface area contributed by atoms with Crippen LogP contribution in [0.5, 0.6) is 0 Å². The lowest BCUT2D eigenvalue weighted by atomic mass is 10.1. The number of unbranched alkanes of at least 4 members (excludes halogenated alkanes) is 1. The summed E-state index contributed by atoms with van der Waals surface area (Å²) in [6.07, 6.45) is -0.470. The number of benzene rings is 1. The number of hydrogen-bond donors (Lipinski definition) is 3. The van der Waals surface area contributed by atoms with Gasteiger partial charge in [-0.3, -0.25) is 9.59 Å². The molecule has 0 aromatic heterocycles. The zero-order chi connectivity index (χ0) is 31.1. The van der Waals surface area contributed by atoms with E-state index in [0.717, 1.165) is 5.56 Å². The van der Waals surface area contributed by atoms with E-state index in [9.17, 15) is 24.0 Å². The van der Waals surface area contributed by atoms with Crippen LogP contribution in [0, 0.1) is 0 Å². The second-order valence-electron chi connectivity index (χ2n) is 11.4. The Labute approximate surface area is 242 Å². The van der Waals surface area contributed by atoms with Crippen LogP contribution in [0.1, 0.15) is 79.2 Å². The average molecular weight is 580 g/mol. The fraction of sp³-hybridized carbons (Fsp3) is 0.621. The van der Waals surface area contributed by atoms with Crippen molar-refractivity contribution in [3.63, 3.8) is 0 Å². The first-order valence-electron chi connectivity index (χ1n) is 13.6. The van der Waals surface area contributed by atoms with Gasteiger partial charge in [-0.25, -0.2) is 14.4 Å². The Balaban J connectivity index is 2.78. The third kappa shape index (κ3) is 16.8. The quantitative estimate of drug-likeness (QED) is 0.169. The molecule has 1 aromatic rings. The summed E-state index contributed by atoms with van der Waals surface area (Å²) >= 11 is 0. The number of carbonyl (C=O) groups excluding carboxylic acids is 5. The largest absolute Gasteiger partial charge is 0.467 e. The van der Waals surface area contributed by atoms with E-state index in [-0.39, 0.29) is 25.9 Å². The molecule has 0 aliphatic rings. The van der Waals surface area contributed by atoms with Crippen molar-refractivity contribution in [1.29, 1.82) is 0 Å². The van der Waals surface area contributed by atoms with Crippen molar-refractivity contribution >= 4 is 30.0 Å². The van der Waals surface area contributed by atoms with E-state index < -0.39 is 53.3 Å². The van der Waals surface area contributed by atoms with E-state index in [0.29, 0.717) is 19.4 Å². The lowest BCUT2D eigenvalue weighted by Crippen LogP contribution is -2.52. The van der Waals surface area contributed by atoms with Gasteiger partial charge in [0.05, 0.1) is 7.11 Å². The average Bonchev–Trinajstić information content (AvgIpc) is 2.86. The SMILES string of the molecule is COC(=O)[C@H](CCCCNC(=O)OC(C)(C)C)NC(=O)[C@H](CCC(=O)OC(C)(C)C)NC(=O)OCc1ccccc1.